The second kappa shape index (κ2) is 34.8. The smallest absolute Gasteiger partial charge is 0.333 e. The molecule has 0 aliphatic heterocycles. The summed E-state index contributed by atoms with van der Waals surface area (Å²) in [6.45, 7) is 24.9. The average Bonchev–Trinajstić information content (AvgIpc) is 1.29. The zero-order valence-corrected chi connectivity index (χ0v) is 51.8. The molecule has 0 N–H and O–H groups in total. The highest BCUT2D eigenvalue weighted by atomic mass is 16.6. The van der Waals surface area contributed by atoms with E-state index in [-0.39, 0.29) is 31.8 Å². The van der Waals surface area contributed by atoms with Gasteiger partial charge >= 0.3 is 23.9 Å². The molecule has 7 rings (SSSR count). The first-order chi connectivity index (χ1) is 42.6. The Labute approximate surface area is 520 Å². The molecule has 0 aromatic heterocycles. The van der Waals surface area contributed by atoms with Gasteiger partial charge < -0.3 is 47.7 Å². The van der Waals surface area contributed by atoms with E-state index in [9.17, 15) is 19.2 Å². The molecule has 6 aromatic rings. The Morgan fingerprint density at radius 1 is 0.318 bits per heavy atom. The predicted molar refractivity (Wildman–Crippen MR) is 347 cm³/mol. The largest absolute Gasteiger partial charge is 0.460 e. The number of hydrogen-bond donors (Lipinski definition) is 0. The highest BCUT2D eigenvalue weighted by Crippen LogP contribution is 2.47. The first-order valence-electron chi connectivity index (χ1n) is 30.4. The van der Waals surface area contributed by atoms with E-state index in [0.717, 1.165) is 82.1 Å². The van der Waals surface area contributed by atoms with Gasteiger partial charge in [0.05, 0.1) is 52.9 Å². The molecule has 0 heterocycles. The number of carbonyl (C=O) groups is 4. The minimum Gasteiger partial charge on any atom is -0.460 e. The normalized spacial score (nSPS) is 12.5. The van der Waals surface area contributed by atoms with Gasteiger partial charge in [-0.05, 0) is 172 Å². The van der Waals surface area contributed by atoms with Gasteiger partial charge in [-0.2, -0.15) is 0 Å². The molecule has 0 amide bonds. The first kappa shape index (κ1) is 67.1. The van der Waals surface area contributed by atoms with Gasteiger partial charge in [0.1, 0.15) is 26.4 Å². The standard InChI is InChI=1S/C74H86N2O12/c1-54(2)70(77)85-50-46-81-42-36-58-12-24-64(25-13-58)75(65-26-14-59(15-27-65)37-43-82-47-51-86-71(78)55(3)4)68-32-20-62(21-33-68)74(40-10-9-11-41-74)63-22-34-69(35-23-63)76(66-28-16-60(17-29-66)38-44-83-48-52-87-72(79)56(5)6)67-30-18-61(19-31-67)39-45-84-49-53-88-73(80)57(7)8/h12-35H,1,3,5,7,9-11,36-53H2,2,4,6,8H3. The Balaban J connectivity index is 1.10. The lowest BCUT2D eigenvalue weighted by atomic mass is 9.65. The van der Waals surface area contributed by atoms with E-state index >= 15 is 0 Å². The molecule has 1 saturated carbocycles. The van der Waals surface area contributed by atoms with E-state index in [1.165, 1.54) is 17.5 Å². The molecule has 0 unspecified atom stereocenters. The lowest BCUT2D eigenvalue weighted by Crippen LogP contribution is -2.30. The van der Waals surface area contributed by atoms with Crippen molar-refractivity contribution in [3.05, 3.63) is 228 Å². The van der Waals surface area contributed by atoms with Crippen LogP contribution in [0.15, 0.2) is 194 Å². The van der Waals surface area contributed by atoms with Crippen molar-refractivity contribution in [2.75, 3.05) is 89.1 Å². The van der Waals surface area contributed by atoms with Crippen molar-refractivity contribution in [3.63, 3.8) is 0 Å². The summed E-state index contributed by atoms with van der Waals surface area (Å²) in [5.74, 6) is -1.67. The van der Waals surface area contributed by atoms with Gasteiger partial charge in [-0.3, -0.25) is 0 Å². The van der Waals surface area contributed by atoms with Gasteiger partial charge in [-0.25, -0.2) is 19.2 Å². The first-order valence-corrected chi connectivity index (χ1v) is 30.4. The predicted octanol–water partition coefficient (Wildman–Crippen LogP) is 14.6. The number of nitrogens with zero attached hydrogens (tertiary/aromatic N) is 2. The number of esters is 4. The Kier molecular flexibility index (Phi) is 26.6. The van der Waals surface area contributed by atoms with Gasteiger partial charge in [0.25, 0.3) is 0 Å². The molecule has 0 radical (unpaired) electrons. The van der Waals surface area contributed by atoms with Crippen molar-refractivity contribution in [1.82, 2.24) is 0 Å². The quantitative estimate of drug-likeness (QED) is 0.0159. The average molecular weight is 1200 g/mol. The molecule has 14 nitrogen and oxygen atoms in total. The minimum atomic E-state index is -0.419. The molecule has 1 aliphatic rings. The molecule has 14 heteroatoms. The van der Waals surface area contributed by atoms with Gasteiger partial charge in [0.2, 0.25) is 0 Å². The summed E-state index contributed by atoms with van der Waals surface area (Å²) in [5, 5.41) is 0. The van der Waals surface area contributed by atoms with Crippen molar-refractivity contribution in [1.29, 1.82) is 0 Å². The summed E-state index contributed by atoms with van der Waals surface area (Å²) in [6.07, 6.45) is 8.31. The highest BCUT2D eigenvalue weighted by molar-refractivity contribution is 5.88. The van der Waals surface area contributed by atoms with Crippen LogP contribution in [0.3, 0.4) is 0 Å². The van der Waals surface area contributed by atoms with Crippen LogP contribution in [0.25, 0.3) is 0 Å². The molecule has 0 saturated heterocycles. The van der Waals surface area contributed by atoms with Crippen LogP contribution < -0.4 is 9.80 Å². The van der Waals surface area contributed by atoms with E-state index < -0.39 is 23.9 Å². The topological polar surface area (TPSA) is 149 Å². The molecule has 0 bridgehead atoms. The fourth-order valence-corrected chi connectivity index (χ4v) is 10.3. The maximum Gasteiger partial charge on any atom is 0.333 e. The van der Waals surface area contributed by atoms with Gasteiger partial charge in [-0.15, -0.1) is 0 Å². The molecule has 88 heavy (non-hydrogen) atoms. The van der Waals surface area contributed by atoms with Crippen LogP contribution in [0.2, 0.25) is 0 Å². The number of benzene rings is 6. The Hall–Kier alpha value is -8.40. The second-order valence-electron chi connectivity index (χ2n) is 22.2. The summed E-state index contributed by atoms with van der Waals surface area (Å²) in [4.78, 5) is 51.7. The van der Waals surface area contributed by atoms with Crippen LogP contribution >= 0.6 is 0 Å². The van der Waals surface area contributed by atoms with Crippen LogP contribution in [-0.2, 0) is 88.2 Å². The fourth-order valence-electron chi connectivity index (χ4n) is 10.3. The van der Waals surface area contributed by atoms with E-state index in [1.54, 1.807) is 27.7 Å². The summed E-state index contributed by atoms with van der Waals surface area (Å²) >= 11 is 0. The van der Waals surface area contributed by atoms with Crippen molar-refractivity contribution < 1.29 is 57.1 Å². The van der Waals surface area contributed by atoms with Crippen LogP contribution in [0.1, 0.15) is 93.2 Å². The maximum atomic E-state index is 11.8. The zero-order chi connectivity index (χ0) is 62.7. The molecule has 6 aromatic carbocycles. The summed E-state index contributed by atoms with van der Waals surface area (Å²) in [7, 11) is 0. The summed E-state index contributed by atoms with van der Waals surface area (Å²) in [6, 6.07) is 52.6. The SMILES string of the molecule is C=C(C)C(=O)OCCOCCc1ccc(N(c2ccc(CCOCCOC(=O)C(=C)C)cc2)c2ccc(C3(c4ccc(N(c5ccc(CCOCCOC(=O)C(=C)C)cc5)c5ccc(CCOCCOC(=O)C(=C)C)cc5)cc4)CCCCC3)cc2)cc1. The molecular formula is C74H86N2O12. The van der Waals surface area contributed by atoms with Crippen LogP contribution in [0.4, 0.5) is 34.1 Å². The molecule has 0 spiro atoms. The maximum absolute atomic E-state index is 11.8. The summed E-state index contributed by atoms with van der Waals surface area (Å²) in [5.41, 5.74) is 14.4. The van der Waals surface area contributed by atoms with E-state index in [2.05, 4.69) is 182 Å². The van der Waals surface area contributed by atoms with Crippen molar-refractivity contribution in [2.45, 2.75) is 90.9 Å². The lowest BCUT2D eigenvalue weighted by Gasteiger charge is -2.39. The van der Waals surface area contributed by atoms with Crippen molar-refractivity contribution >= 4 is 58.0 Å². The lowest BCUT2D eigenvalue weighted by molar-refractivity contribution is -0.141. The number of anilines is 6. The summed E-state index contributed by atoms with van der Waals surface area (Å²) < 4.78 is 43.9. The second-order valence-corrected chi connectivity index (χ2v) is 22.2. The van der Waals surface area contributed by atoms with Gasteiger partial charge in [0.15, 0.2) is 0 Å². The van der Waals surface area contributed by atoms with Crippen LogP contribution in [0.5, 0.6) is 0 Å². The van der Waals surface area contributed by atoms with Gasteiger partial charge in [-0.1, -0.05) is 118 Å². The van der Waals surface area contributed by atoms with E-state index in [0.29, 0.717) is 101 Å². The number of ether oxygens (including phenoxy) is 8. The molecule has 0 atom stereocenters. The van der Waals surface area contributed by atoms with E-state index in [4.69, 9.17) is 37.9 Å². The molecular weight excluding hydrogens is 1110 g/mol. The Bertz CT molecular complexity index is 2860. The number of rotatable bonds is 36. The monoisotopic (exact) mass is 1190 g/mol. The number of hydrogen-bond acceptors (Lipinski definition) is 14. The Morgan fingerprint density at radius 2 is 0.534 bits per heavy atom. The highest BCUT2D eigenvalue weighted by Gasteiger charge is 2.36. The third-order valence-corrected chi connectivity index (χ3v) is 15.2. The minimum absolute atomic E-state index is 0.177. The zero-order valence-electron chi connectivity index (χ0n) is 51.8. The van der Waals surface area contributed by atoms with Crippen LogP contribution in [-0.4, -0.2) is 103 Å². The molecule has 1 fully saturated rings. The number of carbonyl (C=O) groups excluding carboxylic acids is 4. The molecule has 1 aliphatic carbocycles. The van der Waals surface area contributed by atoms with Gasteiger partial charge in [0, 0.05) is 61.8 Å². The fraction of sp³-hybridized carbons (Fsp3) is 0.351. The van der Waals surface area contributed by atoms with Crippen molar-refractivity contribution in [2.24, 2.45) is 0 Å². The molecule has 464 valence electrons. The van der Waals surface area contributed by atoms with Crippen molar-refractivity contribution in [3.8, 4) is 0 Å². The third-order valence-electron chi connectivity index (χ3n) is 15.2. The van der Waals surface area contributed by atoms with Crippen LogP contribution in [0, 0.1) is 0 Å². The van der Waals surface area contributed by atoms with E-state index in [1.807, 2.05) is 0 Å². The third kappa shape index (κ3) is 20.3. The Morgan fingerprint density at radius 3 is 0.750 bits per heavy atom.